The molecular weight excluding hydrogens is 925 g/mol. The number of nitrogens with zero attached hydrogens (tertiary/aromatic N) is 6. The Morgan fingerprint density at radius 1 is 0.535 bits per heavy atom. The number of hydrogen-bond donors (Lipinski definition) is 0. The molecule has 16 nitrogen and oxygen atoms in total. The first kappa shape index (κ1) is 53.3. The number of hydrogen-bond acceptors (Lipinski definition) is 11. The lowest BCUT2D eigenvalue weighted by Crippen LogP contribution is -2.51. The Morgan fingerprint density at radius 2 is 0.859 bits per heavy atom. The van der Waals surface area contributed by atoms with Crippen LogP contribution in [0.5, 0.6) is 0 Å². The van der Waals surface area contributed by atoms with Crippen LogP contribution in [0.25, 0.3) is 34.4 Å². The summed E-state index contributed by atoms with van der Waals surface area (Å²) in [5.41, 5.74) is 2.19. The van der Waals surface area contributed by atoms with E-state index in [1.54, 1.807) is 122 Å². The highest BCUT2D eigenvalue weighted by Gasteiger charge is 2.33. The predicted octanol–water partition coefficient (Wildman–Crippen LogP) is 11.4. The summed E-state index contributed by atoms with van der Waals surface area (Å²) in [6.45, 7) is 20.8. The molecule has 0 N–H and O–H groups in total. The molecule has 4 aromatic rings. The Morgan fingerprint density at radius 3 is 1.17 bits per heavy atom. The summed E-state index contributed by atoms with van der Waals surface area (Å²) in [5.74, 6) is -0.777. The number of nitro groups is 2. The third kappa shape index (κ3) is 13.2. The molecule has 2 aliphatic rings. The Hall–Kier alpha value is -7.01. The molecular formula is C54H64N6O10S. The fourth-order valence-corrected chi connectivity index (χ4v) is 9.58. The van der Waals surface area contributed by atoms with Crippen LogP contribution in [0.4, 0.5) is 21.0 Å². The summed E-state index contributed by atoms with van der Waals surface area (Å²) in [7, 11) is 0. The van der Waals surface area contributed by atoms with Gasteiger partial charge in [-0.15, -0.1) is 0 Å². The van der Waals surface area contributed by atoms with Gasteiger partial charge in [0, 0.05) is 64.5 Å². The van der Waals surface area contributed by atoms with Crippen molar-refractivity contribution in [2.24, 2.45) is 0 Å². The number of nitro benzene ring substituents is 2. The van der Waals surface area contributed by atoms with Crippen molar-refractivity contribution >= 4 is 59.3 Å². The predicted molar refractivity (Wildman–Crippen MR) is 276 cm³/mol. The Bertz CT molecular complexity index is 2550. The van der Waals surface area contributed by atoms with Crippen LogP contribution in [0.1, 0.15) is 103 Å². The average Bonchev–Trinajstić information content (AvgIpc) is 3.31. The van der Waals surface area contributed by atoms with Crippen molar-refractivity contribution in [1.29, 1.82) is 0 Å². The van der Waals surface area contributed by atoms with E-state index in [0.717, 1.165) is 22.9 Å². The highest BCUT2D eigenvalue weighted by Crippen LogP contribution is 2.50. The number of piperazine rings is 2. The van der Waals surface area contributed by atoms with Crippen molar-refractivity contribution in [3.05, 3.63) is 127 Å². The molecule has 0 aliphatic carbocycles. The minimum absolute atomic E-state index is 0.0548. The summed E-state index contributed by atoms with van der Waals surface area (Å²) >= 11 is 0.900. The molecule has 0 radical (unpaired) electrons. The topological polar surface area (TPSA) is 186 Å². The van der Waals surface area contributed by atoms with Gasteiger partial charge in [-0.3, -0.25) is 29.8 Å². The summed E-state index contributed by atoms with van der Waals surface area (Å²) in [6.07, 6.45) is 4.96. The van der Waals surface area contributed by atoms with Gasteiger partial charge in [-0.1, -0.05) is 100 Å². The average molecular weight is 989 g/mol. The van der Waals surface area contributed by atoms with Crippen molar-refractivity contribution in [2.75, 3.05) is 52.4 Å². The van der Waals surface area contributed by atoms with E-state index < -0.39 is 33.2 Å². The molecule has 2 aliphatic heterocycles. The van der Waals surface area contributed by atoms with Gasteiger partial charge in [0.25, 0.3) is 11.4 Å². The van der Waals surface area contributed by atoms with Crippen LogP contribution in [-0.4, -0.2) is 117 Å². The van der Waals surface area contributed by atoms with Gasteiger partial charge >= 0.3 is 12.2 Å². The first-order valence-corrected chi connectivity index (χ1v) is 24.6. The minimum Gasteiger partial charge on any atom is -0.444 e. The SMILES string of the molecule is CC(C)c1ccccc1-c1c(/C=C/C(=O)N2CCN(C(=O)OC(C)(C)C)CC2)ccc(Sc2ccc(/C=C/C(=O)N3CCN(C(=O)OC(C)(C)C)CC3)c(-c3ccccc3C(C)C)c2[N+](=O)[O-])c1[N+](=O)[O-]. The number of ether oxygens (including phenoxy) is 2. The second-order valence-electron chi connectivity index (χ2n) is 20.1. The molecule has 0 aromatic heterocycles. The normalized spacial score (nSPS) is 14.7. The molecule has 0 atom stereocenters. The zero-order chi connectivity index (χ0) is 51.9. The highest BCUT2D eigenvalue weighted by molar-refractivity contribution is 7.99. The zero-order valence-electron chi connectivity index (χ0n) is 42.2. The second kappa shape index (κ2) is 22.4. The molecule has 6 rings (SSSR count). The largest absolute Gasteiger partial charge is 0.444 e. The van der Waals surface area contributed by atoms with E-state index in [1.807, 2.05) is 52.0 Å². The Kier molecular flexibility index (Phi) is 16.8. The van der Waals surface area contributed by atoms with E-state index in [1.165, 1.54) is 12.2 Å². The quantitative estimate of drug-likeness (QED) is 0.0747. The van der Waals surface area contributed by atoms with Crippen LogP contribution >= 0.6 is 11.8 Å². The molecule has 0 spiro atoms. The Labute approximate surface area is 420 Å². The van der Waals surface area contributed by atoms with E-state index >= 15 is 0 Å². The van der Waals surface area contributed by atoms with Gasteiger partial charge in [-0.05, 0) is 111 Å². The summed E-state index contributed by atoms with van der Waals surface area (Å²) in [5, 5.41) is 27.0. The van der Waals surface area contributed by atoms with E-state index in [2.05, 4.69) is 0 Å². The molecule has 2 heterocycles. The zero-order valence-corrected chi connectivity index (χ0v) is 43.0. The van der Waals surface area contributed by atoms with Crippen LogP contribution in [0.15, 0.2) is 94.7 Å². The van der Waals surface area contributed by atoms with Crippen LogP contribution in [-0.2, 0) is 19.1 Å². The van der Waals surface area contributed by atoms with Gasteiger partial charge in [-0.2, -0.15) is 0 Å². The lowest BCUT2D eigenvalue weighted by Gasteiger charge is -2.35. The number of carbonyl (C=O) groups is 4. The molecule has 0 saturated carbocycles. The van der Waals surface area contributed by atoms with E-state index in [9.17, 15) is 39.4 Å². The van der Waals surface area contributed by atoms with Crippen molar-refractivity contribution in [3.63, 3.8) is 0 Å². The third-order valence-corrected chi connectivity index (χ3v) is 13.0. The van der Waals surface area contributed by atoms with Crippen LogP contribution < -0.4 is 0 Å². The van der Waals surface area contributed by atoms with Crippen LogP contribution in [0, 0.1) is 20.2 Å². The standard InChI is InChI=1S/C54H64N6O10S/c1-35(2)39-15-11-13-17-41(39)47-37(21-25-45(61)55-27-31-57(32-28-55)51(63)69-53(5,6)7)19-23-43(49(47)59(65)66)71-44-24-20-38(48(50(44)60(67)68)42-18-14-12-16-40(42)36(3)4)22-26-46(62)56-29-33-58(34-30-56)52(64)70-54(8,9)10/h11-26,35-36H,27-34H2,1-10H3/b25-21+,26-22+. The maximum absolute atomic E-state index is 13.7. The monoisotopic (exact) mass is 988 g/mol. The van der Waals surface area contributed by atoms with E-state index in [4.69, 9.17) is 9.47 Å². The van der Waals surface area contributed by atoms with Crippen LogP contribution in [0.2, 0.25) is 0 Å². The molecule has 376 valence electrons. The number of rotatable bonds is 12. The lowest BCUT2D eigenvalue weighted by atomic mass is 9.89. The molecule has 2 saturated heterocycles. The number of carbonyl (C=O) groups excluding carboxylic acids is 4. The maximum atomic E-state index is 13.7. The molecule has 2 fully saturated rings. The second-order valence-corrected chi connectivity index (χ2v) is 21.2. The van der Waals surface area contributed by atoms with Crippen molar-refractivity contribution in [1.82, 2.24) is 19.6 Å². The summed E-state index contributed by atoms with van der Waals surface area (Å²) in [4.78, 5) is 85.4. The minimum atomic E-state index is -0.663. The first-order valence-electron chi connectivity index (χ1n) is 23.8. The van der Waals surface area contributed by atoms with E-state index in [0.29, 0.717) is 22.3 Å². The molecule has 4 amide bonds. The summed E-state index contributed by atoms with van der Waals surface area (Å²) in [6, 6.07) is 21.2. The molecule has 4 aromatic carbocycles. The molecule has 71 heavy (non-hydrogen) atoms. The van der Waals surface area contributed by atoms with Gasteiger partial charge in [-0.25, -0.2) is 9.59 Å². The van der Waals surface area contributed by atoms with Crippen molar-refractivity contribution in [3.8, 4) is 22.3 Å². The third-order valence-electron chi connectivity index (χ3n) is 11.9. The summed E-state index contributed by atoms with van der Waals surface area (Å²) < 4.78 is 11.0. The maximum Gasteiger partial charge on any atom is 0.410 e. The van der Waals surface area contributed by atoms with E-state index in [-0.39, 0.29) is 108 Å². The lowest BCUT2D eigenvalue weighted by molar-refractivity contribution is -0.387. The van der Waals surface area contributed by atoms with Crippen molar-refractivity contribution in [2.45, 2.75) is 102 Å². The van der Waals surface area contributed by atoms with Gasteiger partial charge in [0.15, 0.2) is 0 Å². The molecule has 17 heteroatoms. The number of amides is 4. The number of benzene rings is 4. The fourth-order valence-electron chi connectivity index (χ4n) is 8.53. The van der Waals surface area contributed by atoms with Crippen molar-refractivity contribution < 1.29 is 38.5 Å². The van der Waals surface area contributed by atoms with Crippen LogP contribution in [0.3, 0.4) is 0 Å². The van der Waals surface area contributed by atoms with Gasteiger partial charge in [0.1, 0.15) is 11.2 Å². The van der Waals surface area contributed by atoms with Gasteiger partial charge < -0.3 is 29.1 Å². The smallest absolute Gasteiger partial charge is 0.410 e. The molecule has 0 unspecified atom stereocenters. The first-order chi connectivity index (χ1) is 33.4. The fraction of sp³-hybridized carbons (Fsp3) is 0.407. The Balaban J connectivity index is 1.40. The van der Waals surface area contributed by atoms with Gasteiger partial charge in [0.2, 0.25) is 11.8 Å². The highest BCUT2D eigenvalue weighted by atomic mass is 32.2. The van der Waals surface area contributed by atoms with Gasteiger partial charge in [0.05, 0.1) is 30.8 Å². The molecule has 0 bridgehead atoms.